The molecule has 1 saturated heterocycles. The lowest BCUT2D eigenvalue weighted by atomic mass is 9.99. The molecule has 1 aliphatic rings. The first-order chi connectivity index (χ1) is 29.4. The smallest absolute Gasteiger partial charge is 0.306 e. The van der Waals surface area contributed by atoms with Crippen LogP contribution in [0.3, 0.4) is 0 Å². The van der Waals surface area contributed by atoms with E-state index in [1.54, 1.807) is 0 Å². The molecule has 0 amide bonds. The zero-order valence-corrected chi connectivity index (χ0v) is 39.5. The first-order valence-electron chi connectivity index (χ1n) is 26.1. The molecule has 9 nitrogen and oxygen atoms in total. The first kappa shape index (κ1) is 57.2. The summed E-state index contributed by atoms with van der Waals surface area (Å²) in [7, 11) is 0. The van der Waals surface area contributed by atoms with E-state index in [0.29, 0.717) is 13.0 Å². The van der Waals surface area contributed by atoms with Gasteiger partial charge in [-0.2, -0.15) is 0 Å². The van der Waals surface area contributed by atoms with E-state index in [-0.39, 0.29) is 19.2 Å². The first-order valence-corrected chi connectivity index (χ1v) is 26.1. The van der Waals surface area contributed by atoms with Crippen LogP contribution >= 0.6 is 0 Å². The van der Waals surface area contributed by atoms with E-state index >= 15 is 0 Å². The van der Waals surface area contributed by atoms with Crippen LogP contribution in [-0.2, 0) is 23.7 Å². The molecule has 0 spiro atoms. The summed E-state index contributed by atoms with van der Waals surface area (Å²) in [6.07, 6.45) is 41.4. The average Bonchev–Trinajstić information content (AvgIpc) is 3.25. The summed E-state index contributed by atoms with van der Waals surface area (Å²) >= 11 is 0. The molecule has 0 bridgehead atoms. The molecule has 4 N–H and O–H groups in total. The highest BCUT2D eigenvalue weighted by atomic mass is 16.7. The largest absolute Gasteiger partial charge is 0.457 e. The van der Waals surface area contributed by atoms with Crippen LogP contribution < -0.4 is 0 Å². The van der Waals surface area contributed by atoms with Crippen LogP contribution in [-0.4, -0.2) is 89.6 Å². The number of carbonyl (C=O) groups is 1. The Morgan fingerprint density at radius 1 is 0.467 bits per heavy atom. The number of esters is 1. The van der Waals surface area contributed by atoms with Crippen molar-refractivity contribution in [2.24, 2.45) is 0 Å². The van der Waals surface area contributed by atoms with Gasteiger partial charge in [0.05, 0.1) is 19.8 Å². The van der Waals surface area contributed by atoms with Crippen molar-refractivity contribution in [1.29, 1.82) is 0 Å². The molecule has 6 atom stereocenters. The Labute approximate surface area is 370 Å². The highest BCUT2D eigenvalue weighted by molar-refractivity contribution is 5.69. The van der Waals surface area contributed by atoms with E-state index in [9.17, 15) is 25.2 Å². The second-order valence-corrected chi connectivity index (χ2v) is 18.3. The Hall–Kier alpha value is -0.810. The van der Waals surface area contributed by atoms with Crippen molar-refractivity contribution in [3.05, 3.63) is 0 Å². The number of ether oxygens (including phenoxy) is 4. The monoisotopic (exact) mass is 857 g/mol. The van der Waals surface area contributed by atoms with Crippen molar-refractivity contribution in [1.82, 2.24) is 0 Å². The Bertz CT molecular complexity index is 889. The molecule has 1 fully saturated rings. The van der Waals surface area contributed by atoms with Crippen molar-refractivity contribution in [2.75, 3.05) is 26.4 Å². The van der Waals surface area contributed by atoms with Gasteiger partial charge in [-0.1, -0.05) is 239 Å². The third kappa shape index (κ3) is 33.7. The van der Waals surface area contributed by atoms with Gasteiger partial charge in [0.2, 0.25) is 0 Å². The van der Waals surface area contributed by atoms with E-state index in [1.165, 1.54) is 205 Å². The van der Waals surface area contributed by atoms with Gasteiger partial charge in [-0.15, -0.1) is 0 Å². The topological polar surface area (TPSA) is 135 Å². The summed E-state index contributed by atoms with van der Waals surface area (Å²) in [4.78, 5) is 12.8. The third-order valence-electron chi connectivity index (χ3n) is 12.5. The van der Waals surface area contributed by atoms with Crippen molar-refractivity contribution >= 4 is 5.97 Å². The molecule has 1 heterocycles. The molecule has 60 heavy (non-hydrogen) atoms. The Kier molecular flexibility index (Phi) is 41.4. The van der Waals surface area contributed by atoms with Crippen molar-refractivity contribution in [3.8, 4) is 0 Å². The van der Waals surface area contributed by atoms with Crippen LogP contribution in [0.1, 0.15) is 258 Å². The van der Waals surface area contributed by atoms with Gasteiger partial charge in [0.15, 0.2) is 6.29 Å². The quantitative estimate of drug-likeness (QED) is 0.0348. The molecule has 0 aliphatic carbocycles. The fourth-order valence-electron chi connectivity index (χ4n) is 8.44. The molecule has 9 heteroatoms. The van der Waals surface area contributed by atoms with Gasteiger partial charge in [-0.3, -0.25) is 4.79 Å². The molecule has 6 unspecified atom stereocenters. The molecule has 1 aliphatic heterocycles. The summed E-state index contributed by atoms with van der Waals surface area (Å²) in [6, 6.07) is 0. The van der Waals surface area contributed by atoms with Crippen LogP contribution in [0.15, 0.2) is 0 Å². The van der Waals surface area contributed by atoms with Crippen LogP contribution in [0, 0.1) is 0 Å². The summed E-state index contributed by atoms with van der Waals surface area (Å²) in [5, 5.41) is 40.2. The zero-order valence-electron chi connectivity index (χ0n) is 39.5. The number of unbranched alkanes of at least 4 members (excludes halogenated alkanes) is 35. The predicted molar refractivity (Wildman–Crippen MR) is 247 cm³/mol. The van der Waals surface area contributed by atoms with Crippen molar-refractivity contribution in [2.45, 2.75) is 295 Å². The maximum atomic E-state index is 12.8. The molecule has 1 rings (SSSR count). The van der Waals surface area contributed by atoms with Crippen LogP contribution in [0.25, 0.3) is 0 Å². The molecule has 0 aromatic heterocycles. The second-order valence-electron chi connectivity index (χ2n) is 18.3. The number of hydrogen-bond acceptors (Lipinski definition) is 9. The minimum Gasteiger partial charge on any atom is -0.457 e. The molecular weight excluding hydrogens is 757 g/mol. The van der Waals surface area contributed by atoms with E-state index in [1.807, 2.05) is 0 Å². The fraction of sp³-hybridized carbons (Fsp3) is 0.980. The minimum atomic E-state index is -1.53. The number of aliphatic hydroxyl groups excluding tert-OH is 4. The molecular formula is C51H100O9. The maximum Gasteiger partial charge on any atom is 0.306 e. The van der Waals surface area contributed by atoms with E-state index in [2.05, 4.69) is 13.8 Å². The number of carbonyl (C=O) groups excluding carboxylic acids is 1. The highest BCUT2D eigenvalue weighted by Crippen LogP contribution is 2.23. The van der Waals surface area contributed by atoms with E-state index < -0.39 is 43.4 Å². The van der Waals surface area contributed by atoms with Crippen LogP contribution in [0.2, 0.25) is 0 Å². The standard InChI is InChI=1S/C51H100O9/c1-3-5-7-9-11-13-15-17-19-21-22-23-24-25-26-28-30-32-34-36-38-40-47(53)59-45(44-58-51-50(56)49(55)48(54)46(42-52)60-51)43-57-41-39-37-35-33-31-29-27-20-18-16-14-12-10-8-6-4-2/h45-46,48-52,54-56H,3-44H2,1-2H3. The lowest BCUT2D eigenvalue weighted by molar-refractivity contribution is -0.305. The minimum absolute atomic E-state index is 0.104. The van der Waals surface area contributed by atoms with Gasteiger partial charge >= 0.3 is 5.97 Å². The fourth-order valence-corrected chi connectivity index (χ4v) is 8.44. The Morgan fingerprint density at radius 2 is 0.817 bits per heavy atom. The number of hydrogen-bond donors (Lipinski definition) is 4. The molecule has 0 aromatic rings. The summed E-state index contributed by atoms with van der Waals surface area (Å²) in [6.45, 7) is 4.63. The SMILES string of the molecule is CCCCCCCCCCCCCCCCCCCCCCCC(=O)OC(COCCCCCCCCCCCCCCCCCC)COC1OC(CO)C(O)C(O)C1O. The van der Waals surface area contributed by atoms with Crippen molar-refractivity contribution in [3.63, 3.8) is 0 Å². The van der Waals surface area contributed by atoms with Gasteiger partial charge in [0, 0.05) is 13.0 Å². The number of aliphatic hydroxyl groups is 4. The lowest BCUT2D eigenvalue weighted by Crippen LogP contribution is -2.59. The molecule has 358 valence electrons. The van der Waals surface area contributed by atoms with Gasteiger partial charge in [-0.25, -0.2) is 0 Å². The Morgan fingerprint density at radius 3 is 1.18 bits per heavy atom. The normalized spacial score (nSPS) is 19.9. The predicted octanol–water partition coefficient (Wildman–Crippen LogP) is 12.6. The summed E-state index contributed by atoms with van der Waals surface area (Å²) < 4.78 is 22.9. The van der Waals surface area contributed by atoms with E-state index in [0.717, 1.165) is 32.1 Å². The average molecular weight is 857 g/mol. The second kappa shape index (κ2) is 43.4. The summed E-state index contributed by atoms with van der Waals surface area (Å²) in [5.74, 6) is -0.304. The van der Waals surface area contributed by atoms with Gasteiger partial charge in [0.1, 0.15) is 30.5 Å². The number of rotatable bonds is 46. The van der Waals surface area contributed by atoms with E-state index in [4.69, 9.17) is 18.9 Å². The highest BCUT2D eigenvalue weighted by Gasteiger charge is 2.44. The molecule has 0 aromatic carbocycles. The lowest BCUT2D eigenvalue weighted by Gasteiger charge is -2.39. The maximum absolute atomic E-state index is 12.8. The summed E-state index contributed by atoms with van der Waals surface area (Å²) in [5.41, 5.74) is 0. The third-order valence-corrected chi connectivity index (χ3v) is 12.5. The van der Waals surface area contributed by atoms with Crippen molar-refractivity contribution < 1.29 is 44.2 Å². The zero-order chi connectivity index (χ0) is 43.6. The van der Waals surface area contributed by atoms with Gasteiger partial charge in [0.25, 0.3) is 0 Å². The van der Waals surface area contributed by atoms with Crippen LogP contribution in [0.4, 0.5) is 0 Å². The van der Waals surface area contributed by atoms with Gasteiger partial charge < -0.3 is 39.4 Å². The van der Waals surface area contributed by atoms with Gasteiger partial charge in [-0.05, 0) is 12.8 Å². The Balaban J connectivity index is 2.17. The molecule has 0 saturated carbocycles. The molecule has 0 radical (unpaired) electrons. The van der Waals surface area contributed by atoms with Crippen LogP contribution in [0.5, 0.6) is 0 Å².